The van der Waals surface area contributed by atoms with Crippen LogP contribution in [0.4, 0.5) is 0 Å². The van der Waals surface area contributed by atoms with E-state index in [9.17, 15) is 10.2 Å². The van der Waals surface area contributed by atoms with Crippen LogP contribution in [0.25, 0.3) is 27.5 Å². The van der Waals surface area contributed by atoms with E-state index < -0.39 is 12.2 Å². The van der Waals surface area contributed by atoms with Crippen molar-refractivity contribution >= 4 is 16.3 Å². The molecule has 2 unspecified atom stereocenters. The molecule has 3 aromatic rings. The normalized spacial score (nSPS) is 21.5. The van der Waals surface area contributed by atoms with E-state index in [-0.39, 0.29) is 0 Å². The van der Waals surface area contributed by atoms with Crippen LogP contribution in [0.3, 0.4) is 0 Å². The number of benzene rings is 3. The summed E-state index contributed by atoms with van der Waals surface area (Å²) in [5.41, 5.74) is 6.45. The summed E-state index contributed by atoms with van der Waals surface area (Å²) in [6.07, 6.45) is 0.0938. The largest absolute Gasteiger partial charge is 0.386 e. The van der Waals surface area contributed by atoms with Gasteiger partial charge in [-0.05, 0) is 50.2 Å². The summed E-state index contributed by atoms with van der Waals surface area (Å²) in [5.74, 6) is 0. The Morgan fingerprint density at radius 3 is 2.45 bits per heavy atom. The molecule has 0 heterocycles. The van der Waals surface area contributed by atoms with Crippen molar-refractivity contribution in [1.29, 1.82) is 0 Å². The van der Waals surface area contributed by atoms with Gasteiger partial charge in [-0.2, -0.15) is 0 Å². The van der Waals surface area contributed by atoms with Crippen molar-refractivity contribution < 1.29 is 10.2 Å². The van der Waals surface area contributed by atoms with Gasteiger partial charge < -0.3 is 10.2 Å². The van der Waals surface area contributed by atoms with Crippen LogP contribution in [-0.2, 0) is 0 Å². The number of aliphatic hydroxyl groups is 2. The molecule has 0 radical (unpaired) electrons. The molecule has 22 heavy (non-hydrogen) atoms. The summed E-state index contributed by atoms with van der Waals surface area (Å²) in [4.78, 5) is 0. The second-order valence-corrected chi connectivity index (χ2v) is 5.99. The molecule has 3 aromatic carbocycles. The van der Waals surface area contributed by atoms with E-state index in [1.165, 1.54) is 21.9 Å². The van der Waals surface area contributed by atoms with E-state index in [4.69, 9.17) is 0 Å². The number of fused-ring (bicyclic) bond motifs is 5. The van der Waals surface area contributed by atoms with Gasteiger partial charge in [0.25, 0.3) is 0 Å². The van der Waals surface area contributed by atoms with Crippen LogP contribution in [0.1, 0.15) is 22.8 Å². The van der Waals surface area contributed by atoms with Crippen LogP contribution in [0, 0.1) is 0 Å². The van der Waals surface area contributed by atoms with Crippen molar-refractivity contribution in [2.24, 2.45) is 0 Å². The molecule has 2 heteroatoms. The van der Waals surface area contributed by atoms with Gasteiger partial charge in [0.15, 0.2) is 0 Å². The van der Waals surface area contributed by atoms with Crippen LogP contribution < -0.4 is 0 Å². The first-order valence-electron chi connectivity index (χ1n) is 7.49. The molecule has 106 valence electrons. The van der Waals surface area contributed by atoms with Gasteiger partial charge in [0.1, 0.15) is 12.2 Å². The standard InChI is InChI=1S/C20H14O2/c21-17-10-16-18-12-5-2-1-4-11(12)8-9-14(18)13-6-3-7-15(19(13)16)20(17)22/h1-10,17,20-22H. The molecular formula is C20H14O2. The lowest BCUT2D eigenvalue weighted by Crippen LogP contribution is -2.21. The highest BCUT2D eigenvalue weighted by Crippen LogP contribution is 2.52. The van der Waals surface area contributed by atoms with Crippen LogP contribution in [0.2, 0.25) is 0 Å². The number of hydrogen-bond acceptors (Lipinski definition) is 2. The predicted molar refractivity (Wildman–Crippen MR) is 87.4 cm³/mol. The summed E-state index contributed by atoms with van der Waals surface area (Å²) in [7, 11) is 0. The molecule has 0 fully saturated rings. The Labute approximate surface area is 128 Å². The molecule has 0 bridgehead atoms. The van der Waals surface area contributed by atoms with Gasteiger partial charge in [-0.3, -0.25) is 0 Å². The third-order valence-corrected chi connectivity index (χ3v) is 4.83. The molecule has 2 nitrogen and oxygen atoms in total. The first-order valence-corrected chi connectivity index (χ1v) is 7.49. The molecule has 0 aromatic heterocycles. The van der Waals surface area contributed by atoms with Gasteiger partial charge in [0, 0.05) is 0 Å². The lowest BCUT2D eigenvalue weighted by molar-refractivity contribution is 0.0467. The Morgan fingerprint density at radius 1 is 0.727 bits per heavy atom. The maximum atomic E-state index is 10.3. The fourth-order valence-electron chi connectivity index (χ4n) is 3.87. The average Bonchev–Trinajstić information content (AvgIpc) is 2.88. The maximum absolute atomic E-state index is 10.3. The first kappa shape index (κ1) is 12.2. The fraction of sp³-hybridized carbons (Fsp3) is 0.100. The Hall–Kier alpha value is -2.42. The van der Waals surface area contributed by atoms with Crippen molar-refractivity contribution in [1.82, 2.24) is 0 Å². The molecule has 0 saturated carbocycles. The Morgan fingerprint density at radius 2 is 1.55 bits per heavy atom. The Kier molecular flexibility index (Phi) is 2.25. The van der Waals surface area contributed by atoms with Gasteiger partial charge in [0.2, 0.25) is 0 Å². The minimum absolute atomic E-state index is 0.822. The highest BCUT2D eigenvalue weighted by molar-refractivity contribution is 6.12. The summed E-state index contributed by atoms with van der Waals surface area (Å²) in [6.45, 7) is 0. The molecule has 0 saturated heterocycles. The van der Waals surface area contributed by atoms with Crippen molar-refractivity contribution in [2.45, 2.75) is 12.2 Å². The van der Waals surface area contributed by atoms with E-state index in [1.807, 2.05) is 24.3 Å². The van der Waals surface area contributed by atoms with Crippen LogP contribution >= 0.6 is 0 Å². The second-order valence-electron chi connectivity index (χ2n) is 5.99. The van der Waals surface area contributed by atoms with Gasteiger partial charge in [0.05, 0.1) is 0 Å². The second kappa shape index (κ2) is 4.07. The Bertz CT molecular complexity index is 969. The van der Waals surface area contributed by atoms with E-state index >= 15 is 0 Å². The van der Waals surface area contributed by atoms with Crippen molar-refractivity contribution in [3.63, 3.8) is 0 Å². The summed E-state index contributed by atoms with van der Waals surface area (Å²) < 4.78 is 0. The minimum Gasteiger partial charge on any atom is -0.386 e. The molecule has 2 atom stereocenters. The zero-order chi connectivity index (χ0) is 14.8. The molecule has 2 N–H and O–H groups in total. The predicted octanol–water partition coefficient (Wildman–Crippen LogP) is 3.66. The number of aliphatic hydroxyl groups excluding tert-OH is 2. The van der Waals surface area contributed by atoms with Crippen LogP contribution in [0.15, 0.2) is 60.7 Å². The molecule has 5 rings (SSSR count). The maximum Gasteiger partial charge on any atom is 0.109 e. The molecule has 2 aliphatic rings. The van der Waals surface area contributed by atoms with Gasteiger partial charge in [-0.25, -0.2) is 0 Å². The molecule has 0 amide bonds. The third-order valence-electron chi connectivity index (χ3n) is 4.83. The molecular weight excluding hydrogens is 272 g/mol. The van der Waals surface area contributed by atoms with E-state index in [0.29, 0.717) is 0 Å². The van der Waals surface area contributed by atoms with E-state index in [2.05, 4.69) is 30.3 Å². The zero-order valence-corrected chi connectivity index (χ0v) is 11.8. The minimum atomic E-state index is -0.859. The van der Waals surface area contributed by atoms with Crippen LogP contribution in [0.5, 0.6) is 0 Å². The highest BCUT2D eigenvalue weighted by atomic mass is 16.3. The summed E-state index contributed by atoms with van der Waals surface area (Å²) >= 11 is 0. The van der Waals surface area contributed by atoms with E-state index in [1.54, 1.807) is 6.08 Å². The van der Waals surface area contributed by atoms with Crippen molar-refractivity contribution in [2.75, 3.05) is 0 Å². The zero-order valence-electron chi connectivity index (χ0n) is 11.8. The highest BCUT2D eigenvalue weighted by Gasteiger charge is 2.35. The first-order chi connectivity index (χ1) is 10.8. The quantitative estimate of drug-likeness (QED) is 0.518. The van der Waals surface area contributed by atoms with Crippen LogP contribution in [-0.4, -0.2) is 16.3 Å². The van der Waals surface area contributed by atoms with Crippen molar-refractivity contribution in [3.8, 4) is 11.1 Å². The topological polar surface area (TPSA) is 40.5 Å². The lowest BCUT2D eigenvalue weighted by atomic mass is 9.86. The van der Waals surface area contributed by atoms with E-state index in [0.717, 1.165) is 22.3 Å². The number of hydrogen-bond donors (Lipinski definition) is 2. The molecule has 0 aliphatic heterocycles. The fourth-order valence-corrected chi connectivity index (χ4v) is 3.87. The summed E-state index contributed by atoms with van der Waals surface area (Å²) in [6, 6.07) is 18.6. The third kappa shape index (κ3) is 1.36. The van der Waals surface area contributed by atoms with Gasteiger partial charge >= 0.3 is 0 Å². The average molecular weight is 286 g/mol. The monoisotopic (exact) mass is 286 g/mol. The van der Waals surface area contributed by atoms with Crippen molar-refractivity contribution in [3.05, 3.63) is 77.4 Å². The SMILES string of the molecule is OC1C=C2c3c(cccc3C1O)-c1ccc3ccccc3c12. The lowest BCUT2D eigenvalue weighted by Gasteiger charge is -2.24. The molecule has 0 spiro atoms. The smallest absolute Gasteiger partial charge is 0.109 e. The summed E-state index contributed by atoms with van der Waals surface area (Å²) in [5, 5.41) is 22.9. The number of rotatable bonds is 0. The molecule has 2 aliphatic carbocycles. The Balaban J connectivity index is 1.97. The van der Waals surface area contributed by atoms with Gasteiger partial charge in [-0.1, -0.05) is 54.6 Å². The van der Waals surface area contributed by atoms with Gasteiger partial charge in [-0.15, -0.1) is 0 Å².